The minimum absolute atomic E-state index is 0.0166. The molecule has 1 aliphatic carbocycles. The van der Waals surface area contributed by atoms with Gasteiger partial charge in [-0.05, 0) is 40.7 Å². The number of hydrogen-bond acceptors (Lipinski definition) is 4. The molecule has 5 rings (SSSR count). The van der Waals surface area contributed by atoms with E-state index in [9.17, 15) is 4.79 Å². The van der Waals surface area contributed by atoms with Crippen molar-refractivity contribution < 1.29 is 9.21 Å². The molecular weight excluding hydrogens is 398 g/mol. The number of benzene rings is 3. The minimum atomic E-state index is 0.0166. The maximum Gasteiger partial charge on any atom is 0.220 e. The smallest absolute Gasteiger partial charge is 0.220 e. The number of rotatable bonds is 7. The molecule has 0 aliphatic heterocycles. The molecule has 1 amide bonds. The molecule has 160 valence electrons. The molecule has 4 aromatic rings. The summed E-state index contributed by atoms with van der Waals surface area (Å²) in [6.45, 7) is 0. The summed E-state index contributed by atoms with van der Waals surface area (Å²) in [5, 5.41) is 11.4. The Morgan fingerprint density at radius 1 is 0.875 bits per heavy atom. The average Bonchev–Trinajstić information content (AvgIpc) is 3.46. The molecule has 32 heavy (non-hydrogen) atoms. The second-order valence-corrected chi connectivity index (χ2v) is 8.19. The normalized spacial score (nSPS) is 14.8. The summed E-state index contributed by atoms with van der Waals surface area (Å²) < 4.78 is 5.78. The summed E-state index contributed by atoms with van der Waals surface area (Å²) in [6, 6.07) is 27.1. The molecule has 0 radical (unpaired) electrons. The third-order valence-electron chi connectivity index (χ3n) is 5.96. The summed E-state index contributed by atoms with van der Waals surface area (Å²) in [4.78, 5) is 12.4. The first-order chi connectivity index (χ1) is 15.7. The lowest BCUT2D eigenvalue weighted by Gasteiger charge is -2.13. The summed E-state index contributed by atoms with van der Waals surface area (Å²) in [5.41, 5.74) is 6.04. The Labute approximate surface area is 187 Å². The molecule has 3 aromatic carbocycles. The lowest BCUT2D eigenvalue weighted by Crippen LogP contribution is -2.27. The molecule has 0 saturated heterocycles. The van der Waals surface area contributed by atoms with Crippen LogP contribution < -0.4 is 5.32 Å². The van der Waals surface area contributed by atoms with Crippen LogP contribution in [0.3, 0.4) is 0 Å². The van der Waals surface area contributed by atoms with E-state index >= 15 is 0 Å². The minimum Gasteiger partial charge on any atom is -0.425 e. The van der Waals surface area contributed by atoms with Crippen LogP contribution in [0.5, 0.6) is 0 Å². The van der Waals surface area contributed by atoms with Crippen molar-refractivity contribution in [2.24, 2.45) is 0 Å². The van der Waals surface area contributed by atoms with Crippen LogP contribution >= 0.6 is 0 Å². The molecule has 1 unspecified atom stereocenters. The van der Waals surface area contributed by atoms with E-state index in [1.165, 1.54) is 22.3 Å². The number of fused-ring (bicyclic) bond motifs is 1. The zero-order valence-electron chi connectivity index (χ0n) is 17.8. The van der Waals surface area contributed by atoms with Crippen molar-refractivity contribution in [2.45, 2.75) is 38.1 Å². The quantitative estimate of drug-likeness (QED) is 0.451. The predicted molar refractivity (Wildman–Crippen MR) is 123 cm³/mol. The van der Waals surface area contributed by atoms with Crippen molar-refractivity contribution in [3.05, 3.63) is 107 Å². The van der Waals surface area contributed by atoms with Crippen molar-refractivity contribution in [3.63, 3.8) is 0 Å². The molecule has 1 aliphatic rings. The SMILES string of the molecule is O=C(CCc1nnc(Cc2ccc(-c3ccccc3)cc2)o1)NC1CCc2ccccc21. The van der Waals surface area contributed by atoms with Gasteiger partial charge in [-0.1, -0.05) is 78.9 Å². The zero-order valence-corrected chi connectivity index (χ0v) is 17.8. The van der Waals surface area contributed by atoms with Gasteiger partial charge in [0.25, 0.3) is 0 Å². The number of hydrogen-bond donors (Lipinski definition) is 1. The highest BCUT2D eigenvalue weighted by Crippen LogP contribution is 2.30. The monoisotopic (exact) mass is 423 g/mol. The van der Waals surface area contributed by atoms with Crippen molar-refractivity contribution in [3.8, 4) is 11.1 Å². The average molecular weight is 424 g/mol. The molecule has 1 atom stereocenters. The Kier molecular flexibility index (Phi) is 5.79. The van der Waals surface area contributed by atoms with Crippen LogP contribution in [0.15, 0.2) is 83.3 Å². The maximum atomic E-state index is 12.4. The molecule has 0 saturated carbocycles. The summed E-state index contributed by atoms with van der Waals surface area (Å²) in [5.74, 6) is 1.09. The van der Waals surface area contributed by atoms with Crippen LogP contribution in [0.25, 0.3) is 11.1 Å². The van der Waals surface area contributed by atoms with Gasteiger partial charge in [-0.25, -0.2) is 0 Å². The fourth-order valence-electron chi connectivity index (χ4n) is 4.28. The molecule has 0 fully saturated rings. The number of aromatic nitrogens is 2. The summed E-state index contributed by atoms with van der Waals surface area (Å²) in [6.07, 6.45) is 3.33. The fourth-order valence-corrected chi connectivity index (χ4v) is 4.28. The van der Waals surface area contributed by atoms with Gasteiger partial charge in [0.15, 0.2) is 0 Å². The first-order valence-electron chi connectivity index (χ1n) is 11.1. The number of aryl methyl sites for hydroxylation is 2. The second kappa shape index (κ2) is 9.18. The summed E-state index contributed by atoms with van der Waals surface area (Å²) >= 11 is 0. The molecular formula is C27H25N3O2. The van der Waals surface area contributed by atoms with E-state index in [0.717, 1.165) is 18.4 Å². The third-order valence-corrected chi connectivity index (χ3v) is 5.96. The van der Waals surface area contributed by atoms with E-state index in [0.29, 0.717) is 31.0 Å². The fraction of sp³-hybridized carbons (Fsp3) is 0.222. The Morgan fingerprint density at radius 2 is 1.59 bits per heavy atom. The highest BCUT2D eigenvalue weighted by atomic mass is 16.4. The number of carbonyl (C=O) groups is 1. The Balaban J connectivity index is 1.13. The largest absolute Gasteiger partial charge is 0.425 e. The molecule has 1 aromatic heterocycles. The molecule has 5 nitrogen and oxygen atoms in total. The van der Waals surface area contributed by atoms with Gasteiger partial charge < -0.3 is 9.73 Å². The van der Waals surface area contributed by atoms with Crippen LogP contribution in [0.2, 0.25) is 0 Å². The first-order valence-corrected chi connectivity index (χ1v) is 11.1. The maximum absolute atomic E-state index is 12.4. The van der Waals surface area contributed by atoms with Gasteiger partial charge in [0.2, 0.25) is 17.7 Å². The van der Waals surface area contributed by atoms with E-state index in [1.807, 2.05) is 30.3 Å². The van der Waals surface area contributed by atoms with Crippen molar-refractivity contribution >= 4 is 5.91 Å². The lowest BCUT2D eigenvalue weighted by atomic mass is 10.0. The number of carbonyl (C=O) groups excluding carboxylic acids is 1. The molecule has 1 N–H and O–H groups in total. The molecule has 0 spiro atoms. The van der Waals surface area contributed by atoms with Gasteiger partial charge in [-0.3, -0.25) is 4.79 Å². The van der Waals surface area contributed by atoms with Gasteiger partial charge in [-0.15, -0.1) is 10.2 Å². The number of nitrogens with one attached hydrogen (secondary N) is 1. The van der Waals surface area contributed by atoms with E-state index < -0.39 is 0 Å². The summed E-state index contributed by atoms with van der Waals surface area (Å²) in [7, 11) is 0. The van der Waals surface area contributed by atoms with E-state index in [2.05, 4.69) is 64.0 Å². The molecule has 1 heterocycles. The van der Waals surface area contributed by atoms with Crippen molar-refractivity contribution in [1.29, 1.82) is 0 Å². The highest BCUT2D eigenvalue weighted by molar-refractivity contribution is 5.76. The van der Waals surface area contributed by atoms with Crippen LogP contribution in [0, 0.1) is 0 Å². The van der Waals surface area contributed by atoms with Gasteiger partial charge in [0.1, 0.15) is 0 Å². The zero-order chi connectivity index (χ0) is 21.8. The van der Waals surface area contributed by atoms with Crippen LogP contribution in [-0.4, -0.2) is 16.1 Å². The first kappa shape index (κ1) is 20.2. The van der Waals surface area contributed by atoms with E-state index in [4.69, 9.17) is 4.42 Å². The lowest BCUT2D eigenvalue weighted by molar-refractivity contribution is -0.121. The Hall–Kier alpha value is -3.73. The van der Waals surface area contributed by atoms with Crippen LogP contribution in [0.4, 0.5) is 0 Å². The van der Waals surface area contributed by atoms with Crippen molar-refractivity contribution in [2.75, 3.05) is 0 Å². The standard InChI is InChI=1S/C27H25N3O2/c31-25(28-24-15-14-22-8-4-5-9-23(22)24)16-17-26-29-30-27(32-26)18-19-10-12-21(13-11-19)20-6-2-1-3-7-20/h1-13,24H,14-18H2,(H,28,31). The van der Waals surface area contributed by atoms with Gasteiger partial charge in [-0.2, -0.15) is 0 Å². The molecule has 5 heteroatoms. The van der Waals surface area contributed by atoms with E-state index in [1.54, 1.807) is 0 Å². The predicted octanol–water partition coefficient (Wildman–Crippen LogP) is 5.06. The second-order valence-electron chi connectivity index (χ2n) is 8.19. The van der Waals surface area contributed by atoms with Gasteiger partial charge in [0, 0.05) is 12.8 Å². The van der Waals surface area contributed by atoms with E-state index in [-0.39, 0.29) is 11.9 Å². The highest BCUT2D eigenvalue weighted by Gasteiger charge is 2.23. The van der Waals surface area contributed by atoms with Gasteiger partial charge in [0.05, 0.1) is 12.5 Å². The Bertz CT molecular complexity index is 1200. The third kappa shape index (κ3) is 4.62. The van der Waals surface area contributed by atoms with Crippen LogP contribution in [-0.2, 0) is 24.1 Å². The molecule has 0 bridgehead atoms. The number of amides is 1. The number of nitrogens with zero attached hydrogens (tertiary/aromatic N) is 2. The van der Waals surface area contributed by atoms with Crippen LogP contribution in [0.1, 0.15) is 47.4 Å². The Morgan fingerprint density at radius 3 is 2.44 bits per heavy atom. The van der Waals surface area contributed by atoms with Gasteiger partial charge >= 0.3 is 0 Å². The van der Waals surface area contributed by atoms with Crippen molar-refractivity contribution in [1.82, 2.24) is 15.5 Å². The topological polar surface area (TPSA) is 68.0 Å².